The minimum atomic E-state index is -0.163. The van der Waals surface area contributed by atoms with Gasteiger partial charge in [0.05, 0.1) is 0 Å². The molecule has 0 radical (unpaired) electrons. The van der Waals surface area contributed by atoms with Crippen LogP contribution in [0.25, 0.3) is 11.1 Å². The highest BCUT2D eigenvalue weighted by molar-refractivity contribution is 5.79. The summed E-state index contributed by atoms with van der Waals surface area (Å²) < 4.78 is 13.5. The number of rotatable bonds is 3. The van der Waals surface area contributed by atoms with Gasteiger partial charge in [0, 0.05) is 5.92 Å². The SMILES string of the molecule is CCc1ccc2c(c1)C(CCN)c1cc(F)ccc1-2. The molecule has 0 saturated heterocycles. The van der Waals surface area contributed by atoms with Crippen LogP contribution in [-0.4, -0.2) is 6.54 Å². The molecule has 2 N–H and O–H groups in total. The van der Waals surface area contributed by atoms with Gasteiger partial charge in [-0.2, -0.15) is 0 Å². The first-order valence-electron chi connectivity index (χ1n) is 6.87. The van der Waals surface area contributed by atoms with Crippen molar-refractivity contribution >= 4 is 0 Å². The van der Waals surface area contributed by atoms with E-state index in [0.29, 0.717) is 6.54 Å². The van der Waals surface area contributed by atoms with Crippen LogP contribution in [0.15, 0.2) is 36.4 Å². The van der Waals surface area contributed by atoms with E-state index < -0.39 is 0 Å². The Morgan fingerprint density at radius 3 is 2.42 bits per heavy atom. The Morgan fingerprint density at radius 2 is 1.74 bits per heavy atom. The summed E-state index contributed by atoms with van der Waals surface area (Å²) in [7, 11) is 0. The Bertz CT molecular complexity index is 619. The summed E-state index contributed by atoms with van der Waals surface area (Å²) in [5.74, 6) is 0.0847. The van der Waals surface area contributed by atoms with Crippen LogP contribution in [0.4, 0.5) is 4.39 Å². The average Bonchev–Trinajstić information content (AvgIpc) is 2.72. The zero-order valence-electron chi connectivity index (χ0n) is 11.1. The fraction of sp³-hybridized carbons (Fsp3) is 0.294. The highest BCUT2D eigenvalue weighted by Gasteiger charge is 2.28. The van der Waals surface area contributed by atoms with Gasteiger partial charge in [-0.15, -0.1) is 0 Å². The molecule has 0 aliphatic heterocycles. The maximum Gasteiger partial charge on any atom is 0.123 e. The molecule has 0 saturated carbocycles. The van der Waals surface area contributed by atoms with Gasteiger partial charge in [0.2, 0.25) is 0 Å². The van der Waals surface area contributed by atoms with Crippen LogP contribution in [0.3, 0.4) is 0 Å². The predicted octanol–water partition coefficient (Wildman–Crippen LogP) is 3.85. The molecular formula is C17H18FN. The summed E-state index contributed by atoms with van der Waals surface area (Å²) in [6, 6.07) is 11.7. The molecule has 0 bridgehead atoms. The molecule has 0 spiro atoms. The quantitative estimate of drug-likeness (QED) is 0.885. The van der Waals surface area contributed by atoms with Crippen molar-refractivity contribution in [3.8, 4) is 11.1 Å². The Hall–Kier alpha value is -1.67. The maximum atomic E-state index is 13.5. The van der Waals surface area contributed by atoms with Crippen molar-refractivity contribution in [2.24, 2.45) is 5.73 Å². The normalized spacial score (nSPS) is 16.3. The number of hydrogen-bond acceptors (Lipinski definition) is 1. The molecule has 2 aromatic rings. The van der Waals surface area contributed by atoms with E-state index in [1.807, 2.05) is 6.07 Å². The Morgan fingerprint density at radius 1 is 1.05 bits per heavy atom. The van der Waals surface area contributed by atoms with Gasteiger partial charge in [0.15, 0.2) is 0 Å². The van der Waals surface area contributed by atoms with Crippen LogP contribution in [-0.2, 0) is 6.42 Å². The molecule has 1 aliphatic carbocycles. The summed E-state index contributed by atoms with van der Waals surface area (Å²) in [5.41, 5.74) is 11.9. The van der Waals surface area contributed by atoms with Gasteiger partial charge >= 0.3 is 0 Å². The first kappa shape index (κ1) is 12.4. The van der Waals surface area contributed by atoms with Crippen LogP contribution >= 0.6 is 0 Å². The standard InChI is InChI=1S/C17H18FN/c1-2-11-3-5-13-14-6-4-12(18)10-17(14)15(7-8-19)16(13)9-11/h3-6,9-10,15H,2,7-8,19H2,1H3. The van der Waals surface area contributed by atoms with E-state index in [2.05, 4.69) is 25.1 Å². The third-order valence-electron chi connectivity index (χ3n) is 4.03. The zero-order chi connectivity index (χ0) is 13.4. The predicted molar refractivity (Wildman–Crippen MR) is 76.7 cm³/mol. The molecule has 0 aromatic heterocycles. The highest BCUT2D eigenvalue weighted by atomic mass is 19.1. The molecule has 1 nitrogen and oxygen atoms in total. The molecule has 2 heteroatoms. The molecule has 0 amide bonds. The topological polar surface area (TPSA) is 26.0 Å². The lowest BCUT2D eigenvalue weighted by molar-refractivity contribution is 0.622. The van der Waals surface area contributed by atoms with Gasteiger partial charge in [-0.25, -0.2) is 4.39 Å². The molecule has 98 valence electrons. The third kappa shape index (κ3) is 1.96. The molecule has 3 rings (SSSR count). The van der Waals surface area contributed by atoms with E-state index in [0.717, 1.165) is 24.0 Å². The summed E-state index contributed by atoms with van der Waals surface area (Å²) in [5, 5.41) is 0. The molecular weight excluding hydrogens is 237 g/mol. The van der Waals surface area contributed by atoms with E-state index >= 15 is 0 Å². The van der Waals surface area contributed by atoms with Gasteiger partial charge < -0.3 is 5.73 Å². The molecule has 1 atom stereocenters. The van der Waals surface area contributed by atoms with Gasteiger partial charge in [-0.05, 0) is 59.3 Å². The summed E-state index contributed by atoms with van der Waals surface area (Å²) >= 11 is 0. The van der Waals surface area contributed by atoms with Crippen molar-refractivity contribution in [2.75, 3.05) is 6.54 Å². The molecule has 0 heterocycles. The van der Waals surface area contributed by atoms with Crippen molar-refractivity contribution in [3.63, 3.8) is 0 Å². The molecule has 1 aliphatic rings. The lowest BCUT2D eigenvalue weighted by Gasteiger charge is -2.13. The molecule has 2 aromatic carbocycles. The van der Waals surface area contributed by atoms with Crippen LogP contribution in [0.2, 0.25) is 0 Å². The Kier molecular flexibility index (Phi) is 3.11. The first-order valence-corrected chi connectivity index (χ1v) is 6.87. The second-order valence-electron chi connectivity index (χ2n) is 5.14. The summed E-state index contributed by atoms with van der Waals surface area (Å²) in [6.07, 6.45) is 1.89. The third-order valence-corrected chi connectivity index (χ3v) is 4.03. The zero-order valence-corrected chi connectivity index (χ0v) is 11.1. The minimum Gasteiger partial charge on any atom is -0.330 e. The monoisotopic (exact) mass is 255 g/mol. The van der Waals surface area contributed by atoms with Gasteiger partial charge in [0.1, 0.15) is 5.82 Å². The van der Waals surface area contributed by atoms with Crippen molar-refractivity contribution in [1.82, 2.24) is 0 Å². The second kappa shape index (κ2) is 4.78. The smallest absolute Gasteiger partial charge is 0.123 e. The fourth-order valence-corrected chi connectivity index (χ4v) is 3.08. The number of halogens is 1. The minimum absolute atomic E-state index is 0.163. The second-order valence-corrected chi connectivity index (χ2v) is 5.14. The van der Waals surface area contributed by atoms with Crippen LogP contribution < -0.4 is 5.73 Å². The van der Waals surface area contributed by atoms with Gasteiger partial charge in [0.25, 0.3) is 0 Å². The maximum absolute atomic E-state index is 13.5. The molecule has 19 heavy (non-hydrogen) atoms. The largest absolute Gasteiger partial charge is 0.330 e. The fourth-order valence-electron chi connectivity index (χ4n) is 3.08. The number of aryl methyl sites for hydroxylation is 1. The lowest BCUT2D eigenvalue weighted by atomic mass is 9.92. The van der Waals surface area contributed by atoms with Gasteiger partial charge in [-0.1, -0.05) is 31.2 Å². The lowest BCUT2D eigenvalue weighted by Crippen LogP contribution is -2.06. The summed E-state index contributed by atoms with van der Waals surface area (Å²) in [6.45, 7) is 2.78. The van der Waals surface area contributed by atoms with Crippen LogP contribution in [0, 0.1) is 5.82 Å². The van der Waals surface area contributed by atoms with Crippen molar-refractivity contribution in [3.05, 3.63) is 58.9 Å². The number of nitrogens with two attached hydrogens (primary N) is 1. The van der Waals surface area contributed by atoms with Crippen LogP contribution in [0.1, 0.15) is 36.0 Å². The molecule has 0 fully saturated rings. The van der Waals surface area contributed by atoms with Crippen molar-refractivity contribution in [2.45, 2.75) is 25.7 Å². The van der Waals surface area contributed by atoms with E-state index in [1.165, 1.54) is 16.7 Å². The Labute approximate surface area is 113 Å². The molecule has 1 unspecified atom stereocenters. The van der Waals surface area contributed by atoms with E-state index in [4.69, 9.17) is 5.73 Å². The number of hydrogen-bond donors (Lipinski definition) is 1. The van der Waals surface area contributed by atoms with E-state index in [9.17, 15) is 4.39 Å². The number of fused-ring (bicyclic) bond motifs is 3. The summed E-state index contributed by atoms with van der Waals surface area (Å²) in [4.78, 5) is 0. The number of benzene rings is 2. The highest BCUT2D eigenvalue weighted by Crippen LogP contribution is 2.46. The Balaban J connectivity index is 2.19. The van der Waals surface area contributed by atoms with Crippen LogP contribution in [0.5, 0.6) is 0 Å². The van der Waals surface area contributed by atoms with E-state index in [-0.39, 0.29) is 11.7 Å². The average molecular weight is 255 g/mol. The van der Waals surface area contributed by atoms with E-state index in [1.54, 1.807) is 12.1 Å². The van der Waals surface area contributed by atoms with Gasteiger partial charge in [-0.3, -0.25) is 0 Å². The van der Waals surface area contributed by atoms with Crippen molar-refractivity contribution in [1.29, 1.82) is 0 Å². The first-order chi connectivity index (χ1) is 9.24. The van der Waals surface area contributed by atoms with Crippen molar-refractivity contribution < 1.29 is 4.39 Å².